The molecule has 0 saturated heterocycles. The lowest BCUT2D eigenvalue weighted by atomic mass is 10.1. The van der Waals surface area contributed by atoms with Gasteiger partial charge in [0, 0.05) is 5.56 Å². The first kappa shape index (κ1) is 13.7. The molecule has 0 spiro atoms. The Morgan fingerprint density at radius 1 is 1.00 bits per heavy atom. The van der Waals surface area contributed by atoms with Gasteiger partial charge in [0.1, 0.15) is 5.75 Å². The molecule has 0 amide bonds. The second-order valence-corrected chi connectivity index (χ2v) is 4.73. The van der Waals surface area contributed by atoms with Gasteiger partial charge in [-0.3, -0.25) is 4.79 Å². The lowest BCUT2D eigenvalue weighted by molar-refractivity contribution is 0.104. The predicted molar refractivity (Wildman–Crippen MR) is 77.9 cm³/mol. The largest absolute Gasteiger partial charge is 0.508 e. The highest BCUT2D eigenvalue weighted by atomic mass is 35.5. The van der Waals surface area contributed by atoms with Crippen molar-refractivity contribution in [3.63, 3.8) is 0 Å². The van der Waals surface area contributed by atoms with Crippen molar-refractivity contribution in [3.05, 3.63) is 69.7 Å². The minimum absolute atomic E-state index is 0.130. The standard InChI is InChI=1S/C15H10Cl2O2/c16-13-7-1-10(9-14(13)17)2-8-15(19)11-3-5-12(18)6-4-11/h1-9,18H/b8-2+. The van der Waals surface area contributed by atoms with Crippen LogP contribution in [0.4, 0.5) is 0 Å². The van der Waals surface area contributed by atoms with E-state index in [9.17, 15) is 4.79 Å². The Balaban J connectivity index is 2.15. The first-order valence-electron chi connectivity index (χ1n) is 5.53. The summed E-state index contributed by atoms with van der Waals surface area (Å²) >= 11 is 11.7. The smallest absolute Gasteiger partial charge is 0.185 e. The van der Waals surface area contributed by atoms with Crippen molar-refractivity contribution in [1.29, 1.82) is 0 Å². The molecule has 19 heavy (non-hydrogen) atoms. The SMILES string of the molecule is O=C(/C=C/c1ccc(Cl)c(Cl)c1)c1ccc(O)cc1. The number of carbonyl (C=O) groups is 1. The van der Waals surface area contributed by atoms with Crippen molar-refractivity contribution in [2.75, 3.05) is 0 Å². The molecule has 2 aromatic rings. The van der Waals surface area contributed by atoms with Crippen LogP contribution in [0.2, 0.25) is 10.0 Å². The number of halogens is 2. The number of allylic oxidation sites excluding steroid dienone is 1. The van der Waals surface area contributed by atoms with Gasteiger partial charge in [-0.1, -0.05) is 35.3 Å². The van der Waals surface area contributed by atoms with Crippen LogP contribution in [0.1, 0.15) is 15.9 Å². The molecule has 0 aliphatic heterocycles. The van der Waals surface area contributed by atoms with Crippen molar-refractivity contribution in [3.8, 4) is 5.75 Å². The molecule has 4 heteroatoms. The molecule has 0 aromatic heterocycles. The van der Waals surface area contributed by atoms with Crippen LogP contribution in [0, 0.1) is 0 Å². The summed E-state index contributed by atoms with van der Waals surface area (Å²) < 4.78 is 0. The molecule has 96 valence electrons. The van der Waals surface area contributed by atoms with Crippen LogP contribution >= 0.6 is 23.2 Å². The van der Waals surface area contributed by atoms with Gasteiger partial charge in [0.05, 0.1) is 10.0 Å². The number of carbonyl (C=O) groups excluding carboxylic acids is 1. The number of ketones is 1. The summed E-state index contributed by atoms with van der Waals surface area (Å²) in [5.41, 5.74) is 1.30. The quantitative estimate of drug-likeness (QED) is 0.663. The van der Waals surface area contributed by atoms with Crippen LogP contribution in [0.25, 0.3) is 6.08 Å². The van der Waals surface area contributed by atoms with Crippen LogP contribution in [0.15, 0.2) is 48.5 Å². The molecule has 0 unspecified atom stereocenters. The normalized spacial score (nSPS) is 10.8. The second-order valence-electron chi connectivity index (χ2n) is 3.92. The molecular formula is C15H10Cl2O2. The molecule has 2 rings (SSSR count). The summed E-state index contributed by atoms with van der Waals surface area (Å²) in [5.74, 6) is -0.0175. The maximum absolute atomic E-state index is 11.9. The summed E-state index contributed by atoms with van der Waals surface area (Å²) in [6.45, 7) is 0. The highest BCUT2D eigenvalue weighted by Gasteiger charge is 2.02. The minimum atomic E-state index is -0.147. The van der Waals surface area contributed by atoms with Gasteiger partial charge in [0.2, 0.25) is 0 Å². The van der Waals surface area contributed by atoms with E-state index in [1.807, 2.05) is 0 Å². The molecule has 2 aromatic carbocycles. The van der Waals surface area contributed by atoms with Gasteiger partial charge in [-0.2, -0.15) is 0 Å². The van der Waals surface area contributed by atoms with E-state index in [2.05, 4.69) is 0 Å². The monoisotopic (exact) mass is 292 g/mol. The Kier molecular flexibility index (Phi) is 4.25. The molecule has 0 bridgehead atoms. The summed E-state index contributed by atoms with van der Waals surface area (Å²) in [6, 6.07) is 11.2. The zero-order valence-electron chi connectivity index (χ0n) is 9.81. The fourth-order valence-electron chi connectivity index (χ4n) is 1.51. The van der Waals surface area contributed by atoms with Crippen molar-refractivity contribution in [1.82, 2.24) is 0 Å². The van der Waals surface area contributed by atoms with E-state index < -0.39 is 0 Å². The molecule has 0 saturated carbocycles. The third-order valence-electron chi connectivity index (χ3n) is 2.52. The third-order valence-corrected chi connectivity index (χ3v) is 3.26. The summed E-state index contributed by atoms with van der Waals surface area (Å²) in [6.07, 6.45) is 3.11. The zero-order chi connectivity index (χ0) is 13.8. The van der Waals surface area contributed by atoms with Gasteiger partial charge in [-0.05, 0) is 48.0 Å². The van der Waals surface area contributed by atoms with Gasteiger partial charge < -0.3 is 5.11 Å². The molecule has 2 nitrogen and oxygen atoms in total. The van der Waals surface area contributed by atoms with Crippen LogP contribution in [0.3, 0.4) is 0 Å². The topological polar surface area (TPSA) is 37.3 Å². The number of aromatic hydroxyl groups is 1. The van der Waals surface area contributed by atoms with Gasteiger partial charge in [0.25, 0.3) is 0 Å². The van der Waals surface area contributed by atoms with Gasteiger partial charge >= 0.3 is 0 Å². The number of rotatable bonds is 3. The minimum Gasteiger partial charge on any atom is -0.508 e. The van der Waals surface area contributed by atoms with E-state index in [1.165, 1.54) is 18.2 Å². The first-order valence-corrected chi connectivity index (χ1v) is 6.28. The highest BCUT2D eigenvalue weighted by Crippen LogP contribution is 2.23. The molecular weight excluding hydrogens is 283 g/mol. The predicted octanol–water partition coefficient (Wildman–Crippen LogP) is 4.60. The molecule has 0 aliphatic carbocycles. The van der Waals surface area contributed by atoms with E-state index in [1.54, 1.807) is 36.4 Å². The fraction of sp³-hybridized carbons (Fsp3) is 0. The average molecular weight is 293 g/mol. The number of hydrogen-bond acceptors (Lipinski definition) is 2. The number of phenols is 1. The molecule has 0 fully saturated rings. The van der Waals surface area contributed by atoms with E-state index in [0.29, 0.717) is 15.6 Å². The van der Waals surface area contributed by atoms with Crippen molar-refractivity contribution in [2.24, 2.45) is 0 Å². The van der Waals surface area contributed by atoms with Crippen LogP contribution in [-0.4, -0.2) is 10.9 Å². The van der Waals surface area contributed by atoms with Crippen LogP contribution in [0.5, 0.6) is 5.75 Å². The second kappa shape index (κ2) is 5.91. The lowest BCUT2D eigenvalue weighted by Crippen LogP contribution is -1.92. The lowest BCUT2D eigenvalue weighted by Gasteiger charge is -1.98. The van der Waals surface area contributed by atoms with Gasteiger partial charge in [0.15, 0.2) is 5.78 Å². The Bertz CT molecular complexity index is 631. The van der Waals surface area contributed by atoms with E-state index in [0.717, 1.165) is 5.56 Å². The molecule has 0 aliphatic rings. The molecule has 1 N–H and O–H groups in total. The third kappa shape index (κ3) is 3.60. The number of phenolic OH excluding ortho intramolecular Hbond substituents is 1. The Labute approximate surface area is 120 Å². The van der Waals surface area contributed by atoms with Crippen LogP contribution < -0.4 is 0 Å². The van der Waals surface area contributed by atoms with E-state index >= 15 is 0 Å². The van der Waals surface area contributed by atoms with E-state index in [4.69, 9.17) is 28.3 Å². The zero-order valence-corrected chi connectivity index (χ0v) is 11.3. The van der Waals surface area contributed by atoms with Crippen LogP contribution in [-0.2, 0) is 0 Å². The summed E-state index contributed by atoms with van der Waals surface area (Å²) in [7, 11) is 0. The van der Waals surface area contributed by atoms with Crippen molar-refractivity contribution < 1.29 is 9.90 Å². The molecule has 0 radical (unpaired) electrons. The average Bonchev–Trinajstić information content (AvgIpc) is 2.40. The summed E-state index contributed by atoms with van der Waals surface area (Å²) in [4.78, 5) is 11.9. The van der Waals surface area contributed by atoms with E-state index in [-0.39, 0.29) is 11.5 Å². The number of benzene rings is 2. The molecule has 0 heterocycles. The molecule has 0 atom stereocenters. The Hall–Kier alpha value is -1.77. The summed E-state index contributed by atoms with van der Waals surface area (Å²) in [5, 5.41) is 10.1. The van der Waals surface area contributed by atoms with Gasteiger partial charge in [-0.15, -0.1) is 0 Å². The maximum Gasteiger partial charge on any atom is 0.185 e. The fourth-order valence-corrected chi connectivity index (χ4v) is 1.82. The highest BCUT2D eigenvalue weighted by molar-refractivity contribution is 6.42. The maximum atomic E-state index is 11.9. The Morgan fingerprint density at radius 2 is 1.68 bits per heavy atom. The first-order chi connectivity index (χ1) is 9.06. The Morgan fingerprint density at radius 3 is 2.32 bits per heavy atom. The van der Waals surface area contributed by atoms with Gasteiger partial charge in [-0.25, -0.2) is 0 Å². The number of hydrogen-bond donors (Lipinski definition) is 1. The van der Waals surface area contributed by atoms with Crippen molar-refractivity contribution in [2.45, 2.75) is 0 Å². The van der Waals surface area contributed by atoms with Crippen molar-refractivity contribution >= 4 is 35.1 Å².